The zero-order valence-electron chi connectivity index (χ0n) is 45.4. The van der Waals surface area contributed by atoms with E-state index in [1.807, 2.05) is 12.1 Å². The molecule has 0 saturated carbocycles. The molecule has 0 aliphatic carbocycles. The van der Waals surface area contributed by atoms with Gasteiger partial charge in [0.25, 0.3) is 0 Å². The van der Waals surface area contributed by atoms with Gasteiger partial charge in [0.05, 0.1) is 33.8 Å². The number of aromatic nitrogens is 3. The molecule has 0 aliphatic heterocycles. The summed E-state index contributed by atoms with van der Waals surface area (Å²) < 4.78 is 2.47. The Labute approximate surface area is 474 Å². The van der Waals surface area contributed by atoms with Crippen molar-refractivity contribution in [2.24, 2.45) is 0 Å². The predicted molar refractivity (Wildman–Crippen MR) is 341 cm³/mol. The molecule has 2 aromatic heterocycles. The molecule has 386 valence electrons. The summed E-state index contributed by atoms with van der Waals surface area (Å²) in [6, 6.07) is 102. The molecular formula is C77H58N4. The van der Waals surface area contributed by atoms with Crippen molar-refractivity contribution in [3.63, 3.8) is 0 Å². The Bertz CT molecular complexity index is 4260. The first kappa shape index (κ1) is 50.1. The summed E-state index contributed by atoms with van der Waals surface area (Å²) in [6.07, 6.45) is 4.21. The van der Waals surface area contributed by atoms with Crippen molar-refractivity contribution < 1.29 is 0 Å². The molecule has 0 amide bonds. The second kappa shape index (κ2) is 22.1. The van der Waals surface area contributed by atoms with Crippen LogP contribution in [0.15, 0.2) is 310 Å². The molecule has 2 heterocycles. The summed E-state index contributed by atoms with van der Waals surface area (Å²) in [6.45, 7) is 9.31. The minimum absolute atomic E-state index is 0.00701. The highest BCUT2D eigenvalue weighted by molar-refractivity contribution is 6.12. The van der Waals surface area contributed by atoms with Crippen LogP contribution in [-0.4, -0.2) is 14.5 Å². The van der Waals surface area contributed by atoms with Crippen LogP contribution in [-0.2, 0) is 0 Å². The third-order valence-corrected chi connectivity index (χ3v) is 15.6. The number of nitrogens with zero attached hydrogens (tertiary/aromatic N) is 4. The number of hydrogen-bond donors (Lipinski definition) is 0. The van der Waals surface area contributed by atoms with Crippen molar-refractivity contribution in [3.8, 4) is 84.1 Å². The zero-order chi connectivity index (χ0) is 54.7. The third-order valence-electron chi connectivity index (χ3n) is 15.6. The van der Waals surface area contributed by atoms with Gasteiger partial charge in [-0.15, -0.1) is 0 Å². The molecule has 0 bridgehead atoms. The van der Waals surface area contributed by atoms with E-state index >= 15 is 0 Å². The lowest BCUT2D eigenvalue weighted by Gasteiger charge is -2.33. The molecule has 11 aromatic carbocycles. The van der Waals surface area contributed by atoms with E-state index in [0.29, 0.717) is 5.82 Å². The maximum Gasteiger partial charge on any atom is 0.160 e. The van der Waals surface area contributed by atoms with Crippen LogP contribution in [0.1, 0.15) is 30.9 Å². The molecule has 0 aliphatic rings. The van der Waals surface area contributed by atoms with Crippen molar-refractivity contribution in [2.75, 3.05) is 4.90 Å². The van der Waals surface area contributed by atoms with Crippen molar-refractivity contribution in [3.05, 3.63) is 321 Å². The Balaban J connectivity index is 1.13. The molecule has 0 radical (unpaired) electrons. The van der Waals surface area contributed by atoms with E-state index in [-0.39, 0.29) is 5.92 Å². The average Bonchev–Trinajstić information content (AvgIpc) is 4.10. The predicted octanol–water partition coefficient (Wildman–Crippen LogP) is 20.6. The Hall–Kier alpha value is -10.4. The molecule has 13 rings (SSSR count). The van der Waals surface area contributed by atoms with Gasteiger partial charge in [-0.1, -0.05) is 250 Å². The number of allylic oxidation sites excluding steroid dienone is 2. The van der Waals surface area contributed by atoms with Crippen molar-refractivity contribution in [1.29, 1.82) is 0 Å². The average molecular weight is 1040 g/mol. The fraction of sp³-hybridized carbons (Fsp3) is 0.0390. The highest BCUT2D eigenvalue weighted by atomic mass is 15.2. The summed E-state index contributed by atoms with van der Waals surface area (Å²) in [4.78, 5) is 13.2. The molecule has 0 spiro atoms. The van der Waals surface area contributed by atoms with Gasteiger partial charge in [-0.2, -0.15) is 0 Å². The van der Waals surface area contributed by atoms with E-state index in [4.69, 9.17) is 16.5 Å². The first-order valence-corrected chi connectivity index (χ1v) is 27.8. The van der Waals surface area contributed by atoms with Gasteiger partial charge in [0.15, 0.2) is 5.82 Å². The molecule has 0 N–H and O–H groups in total. The molecule has 4 nitrogen and oxygen atoms in total. The summed E-state index contributed by atoms with van der Waals surface area (Å²) in [5.74, 6) is 0.653. The van der Waals surface area contributed by atoms with Gasteiger partial charge in [0.2, 0.25) is 0 Å². The molecule has 1 atom stereocenters. The number of benzene rings is 11. The van der Waals surface area contributed by atoms with Crippen LogP contribution in [0.4, 0.5) is 11.4 Å². The van der Waals surface area contributed by atoms with Crippen molar-refractivity contribution >= 4 is 33.2 Å². The van der Waals surface area contributed by atoms with Gasteiger partial charge in [-0.3, -0.25) is 0 Å². The number of anilines is 2. The van der Waals surface area contributed by atoms with E-state index in [1.54, 1.807) is 0 Å². The third kappa shape index (κ3) is 9.74. The summed E-state index contributed by atoms with van der Waals surface area (Å²) >= 11 is 0. The lowest BCUT2D eigenvalue weighted by atomic mass is 9.88. The van der Waals surface area contributed by atoms with Gasteiger partial charge >= 0.3 is 0 Å². The van der Waals surface area contributed by atoms with E-state index in [9.17, 15) is 0 Å². The Morgan fingerprint density at radius 2 is 0.889 bits per heavy atom. The van der Waals surface area contributed by atoms with Crippen molar-refractivity contribution in [2.45, 2.75) is 19.8 Å². The summed E-state index contributed by atoms with van der Waals surface area (Å²) in [7, 11) is 0. The molecular weight excluding hydrogens is 981 g/mol. The highest BCUT2D eigenvalue weighted by Crippen LogP contribution is 2.50. The van der Waals surface area contributed by atoms with Gasteiger partial charge in [0, 0.05) is 55.9 Å². The largest absolute Gasteiger partial charge is 0.310 e. The molecule has 13 aromatic rings. The van der Waals surface area contributed by atoms with Crippen LogP contribution < -0.4 is 4.90 Å². The fourth-order valence-corrected chi connectivity index (χ4v) is 11.6. The minimum Gasteiger partial charge on any atom is -0.310 e. The van der Waals surface area contributed by atoms with E-state index in [0.717, 1.165) is 95.3 Å². The lowest BCUT2D eigenvalue weighted by Crippen LogP contribution is -2.19. The Morgan fingerprint density at radius 3 is 1.46 bits per heavy atom. The second-order valence-corrected chi connectivity index (χ2v) is 20.5. The standard InChI is InChI=1S/C77H58N4/c1-4-26-53(2)80(72-46-43-61(56-29-13-6-14-30-56)49-66(72)54(3)55-27-11-5-12-28-55)75-42-25-40-64(70-52-69(59-35-19-9-20-36-59)78-77(79-70)60-37-21-10-22-38-60)76(75)65-39-23-24-41-71(65)81-73-47-44-62(57-31-15-7-16-32-57)50-67(73)68-51-63(45-48-74(68)81)58-33-17-8-18-34-58/h4-52,54H,2H2,1,3H3/b26-4-. The Kier molecular flexibility index (Phi) is 13.7. The van der Waals surface area contributed by atoms with Gasteiger partial charge in [-0.05, 0) is 112 Å². The van der Waals surface area contributed by atoms with Crippen LogP contribution >= 0.6 is 0 Å². The van der Waals surface area contributed by atoms with Crippen molar-refractivity contribution in [1.82, 2.24) is 14.5 Å². The monoisotopic (exact) mass is 1040 g/mol. The van der Waals surface area contributed by atoms with E-state index < -0.39 is 0 Å². The smallest absolute Gasteiger partial charge is 0.160 e. The summed E-state index contributed by atoms with van der Waals surface area (Å²) in [5, 5.41) is 2.34. The SMILES string of the molecule is C=C(/C=C\C)N(c1ccc(-c2ccccc2)cc1C(C)c1ccccc1)c1cccc(-c2cc(-c3ccccc3)nc(-c3ccccc3)n2)c1-c1ccccc1-n1c2ccc(-c3ccccc3)cc2c2cc(-c3ccccc3)ccc21. The molecule has 1 unspecified atom stereocenters. The number of para-hydroxylation sites is 1. The normalized spacial score (nSPS) is 11.8. The molecule has 0 fully saturated rings. The van der Waals surface area contributed by atoms with Crippen LogP contribution in [0.25, 0.3) is 106 Å². The first-order chi connectivity index (χ1) is 40.0. The van der Waals surface area contributed by atoms with Gasteiger partial charge in [-0.25, -0.2) is 9.97 Å². The quantitative estimate of drug-likeness (QED) is 0.102. The summed E-state index contributed by atoms with van der Waals surface area (Å²) in [5.41, 5.74) is 22.0. The molecule has 81 heavy (non-hydrogen) atoms. The number of rotatable bonds is 14. The van der Waals surface area contributed by atoms with E-state index in [1.165, 1.54) is 33.0 Å². The lowest BCUT2D eigenvalue weighted by molar-refractivity contribution is 0.917. The number of fused-ring (bicyclic) bond motifs is 3. The van der Waals surface area contributed by atoms with Crippen LogP contribution in [0, 0.1) is 0 Å². The molecule has 4 heteroatoms. The molecule has 0 saturated heterocycles. The number of hydrogen-bond acceptors (Lipinski definition) is 3. The zero-order valence-corrected chi connectivity index (χ0v) is 45.4. The highest BCUT2D eigenvalue weighted by Gasteiger charge is 2.28. The van der Waals surface area contributed by atoms with E-state index in [2.05, 4.69) is 308 Å². The van der Waals surface area contributed by atoms with Gasteiger partial charge < -0.3 is 9.47 Å². The van der Waals surface area contributed by atoms with Crippen LogP contribution in [0.2, 0.25) is 0 Å². The van der Waals surface area contributed by atoms with Gasteiger partial charge in [0.1, 0.15) is 0 Å². The van der Waals surface area contributed by atoms with Crippen LogP contribution in [0.5, 0.6) is 0 Å². The fourth-order valence-electron chi connectivity index (χ4n) is 11.6. The van der Waals surface area contributed by atoms with Crippen LogP contribution in [0.3, 0.4) is 0 Å². The topological polar surface area (TPSA) is 34.0 Å². The second-order valence-electron chi connectivity index (χ2n) is 20.5. The first-order valence-electron chi connectivity index (χ1n) is 27.8. The maximum absolute atomic E-state index is 5.57. The Morgan fingerprint density at radius 1 is 0.420 bits per heavy atom. The minimum atomic E-state index is 0.00701. The maximum atomic E-state index is 5.57.